The van der Waals surface area contributed by atoms with Gasteiger partial charge in [-0.3, -0.25) is 9.78 Å². The van der Waals surface area contributed by atoms with Gasteiger partial charge in [0, 0.05) is 22.9 Å². The predicted octanol–water partition coefficient (Wildman–Crippen LogP) is 5.23. The molecule has 2 heterocycles. The fourth-order valence-corrected chi connectivity index (χ4v) is 3.73. The first-order valence-corrected chi connectivity index (χ1v) is 8.88. The maximum atomic E-state index is 13.4. The van der Waals surface area contributed by atoms with E-state index in [0.717, 1.165) is 10.3 Å². The van der Waals surface area contributed by atoms with Gasteiger partial charge in [-0.1, -0.05) is 17.7 Å². The highest BCUT2D eigenvalue weighted by molar-refractivity contribution is 7.16. The molecule has 3 aromatic rings. The molecular weight excluding hydrogens is 359 g/mol. The van der Waals surface area contributed by atoms with Crippen LogP contribution >= 0.6 is 22.9 Å². The average Bonchev–Trinajstić information content (AvgIpc) is 2.98. The first-order valence-electron chi connectivity index (χ1n) is 7.69. The van der Waals surface area contributed by atoms with E-state index in [4.69, 9.17) is 11.6 Å². The third-order valence-electron chi connectivity index (χ3n) is 3.81. The van der Waals surface area contributed by atoms with E-state index >= 15 is 0 Å². The zero-order chi connectivity index (χ0) is 18.0. The van der Waals surface area contributed by atoms with Gasteiger partial charge in [0.25, 0.3) is 5.91 Å². The van der Waals surface area contributed by atoms with E-state index in [0.29, 0.717) is 34.2 Å². The molecule has 0 aliphatic heterocycles. The summed E-state index contributed by atoms with van der Waals surface area (Å²) in [6.07, 6.45) is 1.69. The van der Waals surface area contributed by atoms with Crippen molar-refractivity contribution in [3.63, 3.8) is 0 Å². The van der Waals surface area contributed by atoms with E-state index in [1.54, 1.807) is 30.0 Å². The fourth-order valence-electron chi connectivity index (χ4n) is 2.62. The van der Waals surface area contributed by atoms with E-state index < -0.39 is 0 Å². The molecule has 25 heavy (non-hydrogen) atoms. The van der Waals surface area contributed by atoms with Crippen molar-refractivity contribution < 1.29 is 9.18 Å². The predicted molar refractivity (Wildman–Crippen MR) is 101 cm³/mol. The summed E-state index contributed by atoms with van der Waals surface area (Å²) >= 11 is 7.42. The molecule has 0 aliphatic carbocycles. The lowest BCUT2D eigenvalue weighted by atomic mass is 10.1. The second-order valence-corrected chi connectivity index (χ2v) is 7.44. The molecule has 1 aromatic carbocycles. The van der Waals surface area contributed by atoms with Crippen molar-refractivity contribution in [2.24, 2.45) is 0 Å². The fraction of sp³-hybridized carbons (Fsp3) is 0.158. The third-order valence-corrected chi connectivity index (χ3v) is 5.03. The number of thiophene rings is 1. The second-order valence-electron chi connectivity index (χ2n) is 5.64. The average molecular weight is 375 g/mol. The Hall–Kier alpha value is -2.24. The molecular formula is C19H16ClFN2OS. The summed E-state index contributed by atoms with van der Waals surface area (Å²) in [5.74, 6) is -0.484. The molecule has 3 rings (SSSR count). The summed E-state index contributed by atoms with van der Waals surface area (Å²) in [5, 5.41) is 0.730. The van der Waals surface area contributed by atoms with Gasteiger partial charge in [-0.2, -0.15) is 0 Å². The van der Waals surface area contributed by atoms with E-state index in [2.05, 4.69) is 11.6 Å². The minimum absolute atomic E-state index is 0.138. The van der Waals surface area contributed by atoms with Crippen LogP contribution in [0.1, 0.15) is 20.9 Å². The van der Waals surface area contributed by atoms with E-state index in [1.807, 2.05) is 12.1 Å². The quantitative estimate of drug-likeness (QED) is 0.573. The highest BCUT2D eigenvalue weighted by atomic mass is 35.5. The minimum Gasteiger partial charge on any atom is -0.330 e. The molecule has 0 saturated carbocycles. The Morgan fingerprint density at radius 2 is 2.16 bits per heavy atom. The van der Waals surface area contributed by atoms with Crippen molar-refractivity contribution in [2.75, 3.05) is 6.54 Å². The van der Waals surface area contributed by atoms with Crippen LogP contribution in [-0.4, -0.2) is 22.3 Å². The molecule has 0 N–H and O–H groups in total. The maximum Gasteiger partial charge on any atom is 0.256 e. The van der Waals surface area contributed by atoms with Crippen molar-refractivity contribution in [3.8, 4) is 0 Å². The Labute approximate surface area is 154 Å². The van der Waals surface area contributed by atoms with E-state index in [9.17, 15) is 9.18 Å². The highest BCUT2D eigenvalue weighted by Gasteiger charge is 2.19. The molecule has 6 heteroatoms. The number of benzene rings is 1. The number of amides is 1. The molecule has 2 aromatic heterocycles. The van der Waals surface area contributed by atoms with Crippen LogP contribution in [0.5, 0.6) is 0 Å². The monoisotopic (exact) mass is 374 g/mol. The lowest BCUT2D eigenvalue weighted by Gasteiger charge is -2.21. The molecule has 0 spiro atoms. The van der Waals surface area contributed by atoms with Gasteiger partial charge in [-0.15, -0.1) is 17.9 Å². The molecule has 0 aliphatic rings. The van der Waals surface area contributed by atoms with E-state index in [1.165, 1.54) is 23.5 Å². The topological polar surface area (TPSA) is 33.2 Å². The molecule has 3 nitrogen and oxygen atoms in total. The third kappa shape index (κ3) is 3.89. The van der Waals surface area contributed by atoms with Crippen LogP contribution in [-0.2, 0) is 6.54 Å². The largest absolute Gasteiger partial charge is 0.330 e. The van der Waals surface area contributed by atoms with Gasteiger partial charge in [0.1, 0.15) is 5.82 Å². The van der Waals surface area contributed by atoms with Gasteiger partial charge in [-0.25, -0.2) is 4.39 Å². The number of pyridine rings is 1. The SMILES string of the molecule is C=CCN(Cc1ccc(Cl)s1)C(=O)c1cc2ccc(F)cc2nc1C. The summed E-state index contributed by atoms with van der Waals surface area (Å²) < 4.78 is 14.1. The van der Waals surface area contributed by atoms with Crippen LogP contribution in [0.3, 0.4) is 0 Å². The molecule has 1 amide bonds. The Kier molecular flexibility index (Phi) is 5.16. The molecule has 0 atom stereocenters. The number of aryl methyl sites for hydroxylation is 1. The maximum absolute atomic E-state index is 13.4. The number of hydrogen-bond acceptors (Lipinski definition) is 3. The van der Waals surface area contributed by atoms with Crippen LogP contribution in [0.4, 0.5) is 4.39 Å². The van der Waals surface area contributed by atoms with Crippen LogP contribution < -0.4 is 0 Å². The van der Waals surface area contributed by atoms with Gasteiger partial charge in [-0.05, 0) is 37.3 Å². The number of hydrogen-bond donors (Lipinski definition) is 0. The van der Waals surface area contributed by atoms with Gasteiger partial charge >= 0.3 is 0 Å². The number of aromatic nitrogens is 1. The molecule has 0 saturated heterocycles. The van der Waals surface area contributed by atoms with Crippen molar-refractivity contribution in [1.82, 2.24) is 9.88 Å². The summed E-state index contributed by atoms with van der Waals surface area (Å²) in [5.41, 5.74) is 1.61. The molecule has 0 radical (unpaired) electrons. The summed E-state index contributed by atoms with van der Waals surface area (Å²) in [6.45, 7) is 6.35. The van der Waals surface area contributed by atoms with Gasteiger partial charge in [0.2, 0.25) is 0 Å². The normalized spacial score (nSPS) is 10.8. The lowest BCUT2D eigenvalue weighted by Crippen LogP contribution is -2.31. The molecule has 0 bridgehead atoms. The Morgan fingerprint density at radius 3 is 2.84 bits per heavy atom. The standard InChI is InChI=1S/C19H16ClFN2OS/c1-3-8-23(11-15-6-7-18(20)25-15)19(24)16-9-13-4-5-14(21)10-17(13)22-12(16)2/h3-7,9-10H,1,8,11H2,2H3. The Morgan fingerprint density at radius 1 is 1.36 bits per heavy atom. The highest BCUT2D eigenvalue weighted by Crippen LogP contribution is 2.24. The van der Waals surface area contributed by atoms with Crippen molar-refractivity contribution in [3.05, 3.63) is 75.3 Å². The minimum atomic E-state index is -0.346. The van der Waals surface area contributed by atoms with E-state index in [-0.39, 0.29) is 11.7 Å². The van der Waals surface area contributed by atoms with Crippen LogP contribution in [0.25, 0.3) is 10.9 Å². The first kappa shape index (κ1) is 17.6. The number of rotatable bonds is 5. The summed E-state index contributed by atoms with van der Waals surface area (Å²) in [4.78, 5) is 20.1. The zero-order valence-corrected chi connectivity index (χ0v) is 15.2. The number of carbonyl (C=O) groups is 1. The summed E-state index contributed by atoms with van der Waals surface area (Å²) in [7, 11) is 0. The Bertz CT molecular complexity index is 954. The summed E-state index contributed by atoms with van der Waals surface area (Å²) in [6, 6.07) is 9.84. The number of fused-ring (bicyclic) bond motifs is 1. The number of nitrogens with zero attached hydrogens (tertiary/aromatic N) is 2. The molecule has 128 valence electrons. The number of halogens is 2. The van der Waals surface area contributed by atoms with Crippen molar-refractivity contribution in [1.29, 1.82) is 0 Å². The van der Waals surface area contributed by atoms with Gasteiger partial charge < -0.3 is 4.90 Å². The van der Waals surface area contributed by atoms with Gasteiger partial charge in [0.05, 0.1) is 27.7 Å². The van der Waals surface area contributed by atoms with Crippen LogP contribution in [0.15, 0.2) is 49.1 Å². The Balaban J connectivity index is 1.95. The first-order chi connectivity index (χ1) is 12.0. The van der Waals surface area contributed by atoms with Gasteiger partial charge in [0.15, 0.2) is 0 Å². The smallest absolute Gasteiger partial charge is 0.256 e. The zero-order valence-electron chi connectivity index (χ0n) is 13.6. The number of carbonyl (C=O) groups excluding carboxylic acids is 1. The van der Waals surface area contributed by atoms with Crippen molar-refractivity contribution in [2.45, 2.75) is 13.5 Å². The lowest BCUT2D eigenvalue weighted by molar-refractivity contribution is 0.0763. The van der Waals surface area contributed by atoms with Crippen LogP contribution in [0, 0.1) is 12.7 Å². The van der Waals surface area contributed by atoms with Crippen LogP contribution in [0.2, 0.25) is 4.34 Å². The van der Waals surface area contributed by atoms with Crippen molar-refractivity contribution >= 4 is 39.7 Å². The second kappa shape index (κ2) is 7.33. The molecule has 0 fully saturated rings. The molecule has 0 unspecified atom stereocenters.